The van der Waals surface area contributed by atoms with E-state index in [4.69, 9.17) is 5.11 Å². The van der Waals surface area contributed by atoms with Crippen LogP contribution in [0.2, 0.25) is 0 Å². The zero-order valence-electron chi connectivity index (χ0n) is 10.8. The molecule has 110 valence electrons. The number of hydrogen-bond acceptors (Lipinski definition) is 5. The summed E-state index contributed by atoms with van der Waals surface area (Å²) in [6, 6.07) is -0.307. The fourth-order valence-corrected chi connectivity index (χ4v) is 2.23. The van der Waals surface area contributed by atoms with E-state index < -0.39 is 15.8 Å². The van der Waals surface area contributed by atoms with Crippen LogP contribution in [0.5, 0.6) is 0 Å². The van der Waals surface area contributed by atoms with Crippen LogP contribution >= 0.6 is 0 Å². The van der Waals surface area contributed by atoms with Crippen molar-refractivity contribution in [3.05, 3.63) is 0 Å². The molecule has 0 aromatic rings. The van der Waals surface area contributed by atoms with Gasteiger partial charge in [-0.1, -0.05) is 0 Å². The van der Waals surface area contributed by atoms with Crippen molar-refractivity contribution in [3.8, 4) is 0 Å². The topological polar surface area (TPSA) is 107 Å². The quantitative estimate of drug-likeness (QED) is 0.635. The van der Waals surface area contributed by atoms with Crippen LogP contribution in [0.1, 0.15) is 0 Å². The van der Waals surface area contributed by atoms with Crippen LogP contribution in [-0.2, 0) is 14.6 Å². The molecule has 0 aromatic heterocycles. The minimum Gasteiger partial charge on any atom is -0.480 e. The van der Waals surface area contributed by atoms with Gasteiger partial charge in [0.2, 0.25) is 0 Å². The molecule has 0 atom stereocenters. The lowest BCUT2D eigenvalue weighted by Crippen LogP contribution is -2.53. The molecule has 1 aliphatic rings. The second-order valence-electron chi connectivity index (χ2n) is 4.52. The molecule has 1 aliphatic heterocycles. The van der Waals surface area contributed by atoms with Gasteiger partial charge in [0.25, 0.3) is 0 Å². The predicted molar refractivity (Wildman–Crippen MR) is 68.8 cm³/mol. The Morgan fingerprint density at radius 3 is 2.26 bits per heavy atom. The number of rotatable bonds is 5. The van der Waals surface area contributed by atoms with Gasteiger partial charge in [-0.2, -0.15) is 0 Å². The van der Waals surface area contributed by atoms with Gasteiger partial charge in [0.1, 0.15) is 9.84 Å². The highest BCUT2D eigenvalue weighted by Gasteiger charge is 2.22. The maximum absolute atomic E-state index is 11.7. The van der Waals surface area contributed by atoms with Gasteiger partial charge in [0.15, 0.2) is 0 Å². The molecular weight excluding hydrogens is 274 g/mol. The van der Waals surface area contributed by atoms with Crippen molar-refractivity contribution in [1.82, 2.24) is 15.1 Å². The number of carbonyl (C=O) groups excluding carboxylic acids is 1. The summed E-state index contributed by atoms with van der Waals surface area (Å²) in [4.78, 5) is 25.5. The molecule has 0 spiro atoms. The fourth-order valence-electron chi connectivity index (χ4n) is 1.76. The third-order valence-corrected chi connectivity index (χ3v) is 3.71. The van der Waals surface area contributed by atoms with Gasteiger partial charge in [-0.05, 0) is 0 Å². The van der Waals surface area contributed by atoms with Crippen LogP contribution in [0, 0.1) is 0 Å². The van der Waals surface area contributed by atoms with Crippen molar-refractivity contribution in [3.63, 3.8) is 0 Å². The molecule has 2 N–H and O–H groups in total. The van der Waals surface area contributed by atoms with Crippen molar-refractivity contribution in [2.75, 3.05) is 51.3 Å². The maximum atomic E-state index is 11.7. The minimum atomic E-state index is -3.08. The molecule has 0 unspecified atom stereocenters. The van der Waals surface area contributed by atoms with Crippen molar-refractivity contribution in [2.24, 2.45) is 0 Å². The van der Waals surface area contributed by atoms with E-state index in [9.17, 15) is 18.0 Å². The SMILES string of the molecule is CS(=O)(=O)CCNC(=O)N1CCN(CC(=O)O)CC1. The molecule has 1 rings (SSSR count). The average Bonchev–Trinajstić information content (AvgIpc) is 2.27. The molecule has 2 amide bonds. The number of sulfone groups is 1. The third-order valence-electron chi connectivity index (χ3n) is 2.77. The van der Waals surface area contributed by atoms with E-state index in [2.05, 4.69) is 5.32 Å². The van der Waals surface area contributed by atoms with Crippen LogP contribution in [0.25, 0.3) is 0 Å². The molecule has 0 aromatic carbocycles. The number of amides is 2. The van der Waals surface area contributed by atoms with Crippen LogP contribution in [0.3, 0.4) is 0 Å². The van der Waals surface area contributed by atoms with Gasteiger partial charge in [0, 0.05) is 39.0 Å². The first-order chi connectivity index (χ1) is 8.78. The summed E-state index contributed by atoms with van der Waals surface area (Å²) in [5, 5.41) is 11.2. The second-order valence-corrected chi connectivity index (χ2v) is 6.78. The Kier molecular flexibility index (Phi) is 5.55. The molecule has 9 heteroatoms. The monoisotopic (exact) mass is 293 g/mol. The average molecular weight is 293 g/mol. The van der Waals surface area contributed by atoms with Gasteiger partial charge >= 0.3 is 12.0 Å². The summed E-state index contributed by atoms with van der Waals surface area (Å²) in [7, 11) is -3.08. The molecule has 0 saturated carbocycles. The van der Waals surface area contributed by atoms with Gasteiger partial charge in [-0.25, -0.2) is 13.2 Å². The van der Waals surface area contributed by atoms with Gasteiger partial charge in [-0.15, -0.1) is 0 Å². The van der Waals surface area contributed by atoms with E-state index >= 15 is 0 Å². The lowest BCUT2D eigenvalue weighted by atomic mass is 10.3. The predicted octanol–water partition coefficient (Wildman–Crippen LogP) is -1.56. The lowest BCUT2D eigenvalue weighted by Gasteiger charge is -2.33. The van der Waals surface area contributed by atoms with E-state index in [1.807, 2.05) is 0 Å². The molecule has 1 saturated heterocycles. The number of hydrogen-bond donors (Lipinski definition) is 2. The van der Waals surface area contributed by atoms with Crippen molar-refractivity contribution < 1.29 is 23.1 Å². The Bertz CT molecular complexity index is 428. The molecule has 19 heavy (non-hydrogen) atoms. The van der Waals surface area contributed by atoms with Crippen molar-refractivity contribution in [1.29, 1.82) is 0 Å². The van der Waals surface area contributed by atoms with Crippen LogP contribution < -0.4 is 5.32 Å². The number of piperazine rings is 1. The summed E-state index contributed by atoms with van der Waals surface area (Å²) in [5.74, 6) is -0.969. The molecule has 0 bridgehead atoms. The highest BCUT2D eigenvalue weighted by Crippen LogP contribution is 2.01. The number of urea groups is 1. The third kappa shape index (κ3) is 6.39. The zero-order valence-corrected chi connectivity index (χ0v) is 11.6. The first-order valence-electron chi connectivity index (χ1n) is 5.92. The molecule has 8 nitrogen and oxygen atoms in total. The molecular formula is C10H19N3O5S. The Balaban J connectivity index is 2.27. The number of carboxylic acid groups (broad SMARTS) is 1. The van der Waals surface area contributed by atoms with Crippen LogP contribution in [-0.4, -0.2) is 86.6 Å². The van der Waals surface area contributed by atoms with Crippen LogP contribution in [0.4, 0.5) is 4.79 Å². The lowest BCUT2D eigenvalue weighted by molar-refractivity contribution is -0.138. The molecule has 1 heterocycles. The fraction of sp³-hybridized carbons (Fsp3) is 0.800. The Hall–Kier alpha value is -1.35. The maximum Gasteiger partial charge on any atom is 0.317 e. The molecule has 0 radical (unpaired) electrons. The molecule has 0 aliphatic carbocycles. The van der Waals surface area contributed by atoms with E-state index in [1.165, 1.54) is 0 Å². The van der Waals surface area contributed by atoms with E-state index in [1.54, 1.807) is 9.80 Å². The Morgan fingerprint density at radius 1 is 1.21 bits per heavy atom. The summed E-state index contributed by atoms with van der Waals surface area (Å²) >= 11 is 0. The summed E-state index contributed by atoms with van der Waals surface area (Å²) in [5.41, 5.74) is 0. The zero-order chi connectivity index (χ0) is 14.5. The Labute approximate surface area is 112 Å². The van der Waals surface area contributed by atoms with Gasteiger partial charge < -0.3 is 15.3 Å². The molecule has 1 fully saturated rings. The van der Waals surface area contributed by atoms with Crippen molar-refractivity contribution in [2.45, 2.75) is 0 Å². The van der Waals surface area contributed by atoms with E-state index in [0.717, 1.165) is 6.26 Å². The highest BCUT2D eigenvalue weighted by atomic mass is 32.2. The number of nitrogens with one attached hydrogen (secondary N) is 1. The highest BCUT2D eigenvalue weighted by molar-refractivity contribution is 7.90. The smallest absolute Gasteiger partial charge is 0.317 e. The number of nitrogens with zero attached hydrogens (tertiary/aromatic N) is 2. The summed E-state index contributed by atoms with van der Waals surface area (Å²) in [6.45, 7) is 1.96. The van der Waals surface area contributed by atoms with Gasteiger partial charge in [0.05, 0.1) is 12.3 Å². The number of aliphatic carboxylic acids is 1. The standard InChI is InChI=1S/C10H19N3O5S/c1-19(17,18)7-2-11-10(16)13-5-3-12(4-6-13)8-9(14)15/h2-8H2,1H3,(H,11,16)(H,14,15). The second kappa shape index (κ2) is 6.71. The first-order valence-corrected chi connectivity index (χ1v) is 7.98. The van der Waals surface area contributed by atoms with E-state index in [-0.39, 0.29) is 24.9 Å². The van der Waals surface area contributed by atoms with E-state index in [0.29, 0.717) is 26.2 Å². The first kappa shape index (κ1) is 15.7. The van der Waals surface area contributed by atoms with Crippen LogP contribution in [0.15, 0.2) is 0 Å². The Morgan fingerprint density at radius 2 is 1.79 bits per heavy atom. The normalized spacial score (nSPS) is 17.2. The minimum absolute atomic E-state index is 0.0243. The number of carboxylic acids is 1. The summed E-state index contributed by atoms with van der Waals surface area (Å²) < 4.78 is 21.8. The van der Waals surface area contributed by atoms with Crippen molar-refractivity contribution >= 4 is 21.8 Å². The largest absolute Gasteiger partial charge is 0.480 e. The summed E-state index contributed by atoms with van der Waals surface area (Å²) in [6.07, 6.45) is 1.11. The number of carbonyl (C=O) groups is 2. The van der Waals surface area contributed by atoms with Gasteiger partial charge in [-0.3, -0.25) is 9.69 Å².